The molecule has 0 bridgehead atoms. The molecule has 32 heavy (non-hydrogen) atoms. The highest BCUT2D eigenvalue weighted by atomic mass is 16.3. The van der Waals surface area contributed by atoms with Gasteiger partial charge in [0.15, 0.2) is 11.5 Å². The van der Waals surface area contributed by atoms with Crippen LogP contribution in [0.15, 0.2) is 39.5 Å². The SMILES string of the molecule is Cc1ccc2oc(C3CCN(c4c(C#N)c(=O)n(C)c5ccc(C#N)nc45)CC3)nc2c1. The molecule has 1 aliphatic heterocycles. The Morgan fingerprint density at radius 3 is 2.59 bits per heavy atom. The fourth-order valence-electron chi connectivity index (χ4n) is 4.44. The van der Waals surface area contributed by atoms with Crippen molar-refractivity contribution < 1.29 is 4.42 Å². The predicted octanol–water partition coefficient (Wildman–Crippen LogP) is 3.51. The summed E-state index contributed by atoms with van der Waals surface area (Å²) in [5.74, 6) is 0.884. The summed E-state index contributed by atoms with van der Waals surface area (Å²) in [7, 11) is 1.62. The van der Waals surface area contributed by atoms with Gasteiger partial charge in [0.25, 0.3) is 5.56 Å². The van der Waals surface area contributed by atoms with E-state index < -0.39 is 0 Å². The normalized spacial score (nSPS) is 14.6. The number of rotatable bonds is 2. The van der Waals surface area contributed by atoms with Crippen LogP contribution in [0.25, 0.3) is 22.1 Å². The number of hydrogen-bond donors (Lipinski definition) is 0. The second-order valence-electron chi connectivity index (χ2n) is 8.16. The first kappa shape index (κ1) is 19.8. The monoisotopic (exact) mass is 424 g/mol. The first-order valence-corrected chi connectivity index (χ1v) is 10.5. The highest BCUT2D eigenvalue weighted by Gasteiger charge is 2.29. The van der Waals surface area contributed by atoms with Crippen molar-refractivity contribution in [2.24, 2.45) is 7.05 Å². The summed E-state index contributed by atoms with van der Waals surface area (Å²) in [6.45, 7) is 3.27. The van der Waals surface area contributed by atoms with Crippen LogP contribution in [0.4, 0.5) is 5.69 Å². The minimum Gasteiger partial charge on any atom is -0.440 e. The van der Waals surface area contributed by atoms with Crippen molar-refractivity contribution >= 4 is 27.8 Å². The van der Waals surface area contributed by atoms with E-state index in [9.17, 15) is 15.3 Å². The molecular weight excluding hydrogens is 404 g/mol. The molecule has 158 valence electrons. The fourth-order valence-corrected chi connectivity index (χ4v) is 4.44. The van der Waals surface area contributed by atoms with Crippen LogP contribution in [0.5, 0.6) is 0 Å². The van der Waals surface area contributed by atoms with Crippen LogP contribution in [-0.4, -0.2) is 27.6 Å². The van der Waals surface area contributed by atoms with Gasteiger partial charge in [-0.2, -0.15) is 10.5 Å². The lowest BCUT2D eigenvalue weighted by atomic mass is 9.95. The van der Waals surface area contributed by atoms with Gasteiger partial charge in [-0.15, -0.1) is 0 Å². The van der Waals surface area contributed by atoms with E-state index >= 15 is 0 Å². The number of nitrogens with zero attached hydrogens (tertiary/aromatic N) is 6. The number of fused-ring (bicyclic) bond motifs is 2. The van der Waals surface area contributed by atoms with Crippen LogP contribution in [0.2, 0.25) is 0 Å². The zero-order chi connectivity index (χ0) is 22.4. The van der Waals surface area contributed by atoms with E-state index in [1.54, 1.807) is 19.2 Å². The van der Waals surface area contributed by atoms with Gasteiger partial charge < -0.3 is 13.9 Å². The van der Waals surface area contributed by atoms with Crippen molar-refractivity contribution in [1.82, 2.24) is 14.5 Å². The van der Waals surface area contributed by atoms with E-state index in [0.717, 1.165) is 35.4 Å². The number of aryl methyl sites for hydroxylation is 2. The maximum Gasteiger partial charge on any atom is 0.270 e. The van der Waals surface area contributed by atoms with E-state index in [2.05, 4.69) is 16.0 Å². The zero-order valence-corrected chi connectivity index (χ0v) is 17.8. The first-order valence-electron chi connectivity index (χ1n) is 10.5. The largest absolute Gasteiger partial charge is 0.440 e. The molecule has 8 heteroatoms. The minimum atomic E-state index is -0.363. The quantitative estimate of drug-likeness (QED) is 0.484. The summed E-state index contributed by atoms with van der Waals surface area (Å²) in [5, 5.41) is 19.1. The molecule has 1 saturated heterocycles. The topological polar surface area (TPSA) is 112 Å². The zero-order valence-electron chi connectivity index (χ0n) is 17.8. The summed E-state index contributed by atoms with van der Waals surface area (Å²) in [4.78, 5) is 24.0. The summed E-state index contributed by atoms with van der Waals surface area (Å²) in [5.41, 5.74) is 4.32. The van der Waals surface area contributed by atoms with Crippen molar-refractivity contribution in [2.45, 2.75) is 25.7 Å². The number of nitriles is 2. The van der Waals surface area contributed by atoms with E-state index in [1.165, 1.54) is 4.57 Å². The lowest BCUT2D eigenvalue weighted by molar-refractivity contribution is 0.407. The Hall–Kier alpha value is -4.17. The lowest BCUT2D eigenvalue weighted by Gasteiger charge is -2.33. The van der Waals surface area contributed by atoms with Crippen molar-refractivity contribution in [3.8, 4) is 12.1 Å². The number of hydrogen-bond acceptors (Lipinski definition) is 7. The Balaban J connectivity index is 1.52. The molecule has 5 rings (SSSR count). The number of piperidine rings is 1. The van der Waals surface area contributed by atoms with Crippen LogP contribution in [-0.2, 0) is 7.05 Å². The predicted molar refractivity (Wildman–Crippen MR) is 119 cm³/mol. The Morgan fingerprint density at radius 1 is 1.09 bits per heavy atom. The van der Waals surface area contributed by atoms with Gasteiger partial charge >= 0.3 is 0 Å². The molecule has 3 aromatic heterocycles. The molecule has 4 heterocycles. The number of benzene rings is 1. The third kappa shape index (κ3) is 3.09. The second-order valence-corrected chi connectivity index (χ2v) is 8.16. The number of pyridine rings is 2. The van der Waals surface area contributed by atoms with Crippen molar-refractivity contribution in [1.29, 1.82) is 10.5 Å². The first-order chi connectivity index (χ1) is 15.5. The van der Waals surface area contributed by atoms with Crippen LogP contribution in [0.3, 0.4) is 0 Å². The molecule has 0 unspecified atom stereocenters. The molecule has 0 saturated carbocycles. The highest BCUT2D eigenvalue weighted by molar-refractivity contribution is 5.92. The van der Waals surface area contributed by atoms with Crippen molar-refractivity contribution in [3.63, 3.8) is 0 Å². The molecular formula is C24H20N6O2. The summed E-state index contributed by atoms with van der Waals surface area (Å²) < 4.78 is 7.42. The molecule has 0 radical (unpaired) electrons. The van der Waals surface area contributed by atoms with E-state index in [1.807, 2.05) is 36.1 Å². The van der Waals surface area contributed by atoms with Gasteiger partial charge in [-0.25, -0.2) is 9.97 Å². The molecule has 0 atom stereocenters. The third-order valence-electron chi connectivity index (χ3n) is 6.16. The molecule has 1 aromatic carbocycles. The van der Waals surface area contributed by atoms with Crippen LogP contribution in [0, 0.1) is 29.6 Å². The van der Waals surface area contributed by atoms with Gasteiger partial charge in [0.2, 0.25) is 0 Å². The van der Waals surface area contributed by atoms with E-state index in [-0.39, 0.29) is 22.7 Å². The molecule has 8 nitrogen and oxygen atoms in total. The second kappa shape index (κ2) is 7.51. The van der Waals surface area contributed by atoms with Crippen molar-refractivity contribution in [3.05, 3.63) is 63.4 Å². The van der Waals surface area contributed by atoms with Gasteiger partial charge in [0.1, 0.15) is 34.4 Å². The number of oxazole rings is 1. The average Bonchev–Trinajstić information content (AvgIpc) is 3.24. The molecule has 0 amide bonds. The van der Waals surface area contributed by atoms with Crippen LogP contribution < -0.4 is 10.5 Å². The van der Waals surface area contributed by atoms with E-state index in [0.29, 0.717) is 29.8 Å². The molecule has 1 fully saturated rings. The fraction of sp³-hybridized carbons (Fsp3) is 0.292. The van der Waals surface area contributed by atoms with Crippen molar-refractivity contribution in [2.75, 3.05) is 18.0 Å². The summed E-state index contributed by atoms with van der Waals surface area (Å²) in [6.07, 6.45) is 1.54. The Labute approximate surface area is 184 Å². The number of aromatic nitrogens is 3. The third-order valence-corrected chi connectivity index (χ3v) is 6.16. The van der Waals surface area contributed by atoms with E-state index in [4.69, 9.17) is 4.42 Å². The average molecular weight is 424 g/mol. The lowest BCUT2D eigenvalue weighted by Crippen LogP contribution is -2.36. The highest BCUT2D eigenvalue weighted by Crippen LogP contribution is 2.35. The molecule has 1 aliphatic rings. The number of anilines is 1. The molecule has 0 N–H and O–H groups in total. The van der Waals surface area contributed by atoms with Gasteiger partial charge in [0.05, 0.1) is 11.2 Å². The Bertz CT molecular complexity index is 1510. The summed E-state index contributed by atoms with van der Waals surface area (Å²) >= 11 is 0. The molecule has 0 aliphatic carbocycles. The Morgan fingerprint density at radius 2 is 1.88 bits per heavy atom. The van der Waals surface area contributed by atoms with Crippen LogP contribution in [0.1, 0.15) is 41.5 Å². The minimum absolute atomic E-state index is 0.0541. The van der Waals surface area contributed by atoms with Gasteiger partial charge in [-0.3, -0.25) is 4.79 Å². The summed E-state index contributed by atoms with van der Waals surface area (Å²) in [6, 6.07) is 13.4. The molecule has 0 spiro atoms. The Kier molecular flexibility index (Phi) is 4.64. The smallest absolute Gasteiger partial charge is 0.270 e. The van der Waals surface area contributed by atoms with Crippen LogP contribution >= 0.6 is 0 Å². The van der Waals surface area contributed by atoms with Gasteiger partial charge in [-0.05, 0) is 49.6 Å². The van der Waals surface area contributed by atoms with Gasteiger partial charge in [0, 0.05) is 26.1 Å². The molecule has 4 aromatic rings. The maximum atomic E-state index is 12.8. The maximum absolute atomic E-state index is 12.8. The van der Waals surface area contributed by atoms with Gasteiger partial charge in [-0.1, -0.05) is 6.07 Å². The standard InChI is InChI=1S/C24H20N6O2/c1-14-3-6-20-18(11-14)28-23(32-20)15-7-9-30(10-8-15)22-17(13-26)24(31)29(2)19-5-4-16(12-25)27-21(19)22/h3-6,11,15H,7-10H2,1-2H3.